The highest BCUT2D eigenvalue weighted by atomic mass is 35.5. The van der Waals surface area contributed by atoms with Gasteiger partial charge >= 0.3 is 0 Å². The zero-order valence-electron chi connectivity index (χ0n) is 11.3. The topological polar surface area (TPSA) is 80.1 Å². The number of hydrogen-bond donors (Lipinski definition) is 2. The number of carbonyl (C=O) groups excluding carboxylic acids is 1. The summed E-state index contributed by atoms with van der Waals surface area (Å²) >= 11 is 5.84. The molecule has 1 aromatic heterocycles. The van der Waals surface area contributed by atoms with Crippen molar-refractivity contribution in [2.24, 2.45) is 5.92 Å². The molecule has 1 amide bonds. The first-order valence-corrected chi connectivity index (χ1v) is 7.17. The summed E-state index contributed by atoms with van der Waals surface area (Å²) in [5.41, 5.74) is 0.846. The fourth-order valence-corrected chi connectivity index (χ4v) is 2.11. The average Bonchev–Trinajstić information content (AvgIpc) is 2.86. The normalized spacial score (nSPS) is 14.7. The number of nitrogens with zero attached hydrogens (tertiary/aromatic N) is 2. The van der Waals surface area contributed by atoms with Gasteiger partial charge in [-0.05, 0) is 24.3 Å². The lowest BCUT2D eigenvalue weighted by Crippen LogP contribution is -2.51. The van der Waals surface area contributed by atoms with Crippen molar-refractivity contribution in [1.29, 1.82) is 0 Å². The van der Waals surface area contributed by atoms with Crippen LogP contribution in [0.3, 0.4) is 0 Å². The summed E-state index contributed by atoms with van der Waals surface area (Å²) < 4.78 is 5.17. The second-order valence-electron chi connectivity index (χ2n) is 4.91. The molecule has 1 saturated heterocycles. The number of rotatable bonds is 5. The molecule has 0 radical (unpaired) electrons. The summed E-state index contributed by atoms with van der Waals surface area (Å²) in [4.78, 5) is 15.9. The van der Waals surface area contributed by atoms with E-state index in [4.69, 9.17) is 16.1 Å². The van der Waals surface area contributed by atoms with Crippen molar-refractivity contribution < 1.29 is 9.32 Å². The monoisotopic (exact) mass is 306 g/mol. The Kier molecular flexibility index (Phi) is 4.17. The zero-order valence-corrected chi connectivity index (χ0v) is 12.1. The molecule has 0 unspecified atom stereocenters. The number of hydrogen-bond acceptors (Lipinski definition) is 5. The highest BCUT2D eigenvalue weighted by Crippen LogP contribution is 2.18. The van der Waals surface area contributed by atoms with Crippen molar-refractivity contribution >= 4 is 17.5 Å². The van der Waals surface area contributed by atoms with E-state index in [1.807, 2.05) is 12.1 Å². The Balaban J connectivity index is 1.52. The number of nitrogens with one attached hydrogen (secondary N) is 2. The van der Waals surface area contributed by atoms with E-state index in [9.17, 15) is 4.79 Å². The van der Waals surface area contributed by atoms with Crippen LogP contribution in [0, 0.1) is 5.92 Å². The maximum Gasteiger partial charge on any atom is 0.228 e. The van der Waals surface area contributed by atoms with Crippen LogP contribution in [0.4, 0.5) is 0 Å². The molecule has 2 aromatic rings. The molecule has 3 rings (SSSR count). The van der Waals surface area contributed by atoms with E-state index < -0.39 is 0 Å². The van der Waals surface area contributed by atoms with Crippen LogP contribution in [0.1, 0.15) is 5.89 Å². The van der Waals surface area contributed by atoms with Crippen LogP contribution in [-0.2, 0) is 11.2 Å². The molecule has 21 heavy (non-hydrogen) atoms. The third-order valence-electron chi connectivity index (χ3n) is 3.36. The van der Waals surface area contributed by atoms with Crippen LogP contribution >= 0.6 is 11.6 Å². The van der Waals surface area contributed by atoms with Crippen molar-refractivity contribution in [2.75, 3.05) is 19.6 Å². The number of benzene rings is 1. The Bertz CT molecular complexity index is 622. The highest BCUT2D eigenvalue weighted by Gasteiger charge is 2.24. The molecular weight excluding hydrogens is 292 g/mol. The number of halogens is 1. The number of carbonyl (C=O) groups is 1. The fourth-order valence-electron chi connectivity index (χ4n) is 1.98. The van der Waals surface area contributed by atoms with Gasteiger partial charge in [0, 0.05) is 36.6 Å². The number of amides is 1. The van der Waals surface area contributed by atoms with E-state index in [1.54, 1.807) is 12.1 Å². The molecular formula is C14H15ClN4O2. The van der Waals surface area contributed by atoms with E-state index in [1.165, 1.54) is 0 Å². The minimum atomic E-state index is 0.0752. The van der Waals surface area contributed by atoms with Crippen LogP contribution in [0.5, 0.6) is 0 Å². The molecule has 7 heteroatoms. The molecule has 1 aliphatic rings. The van der Waals surface area contributed by atoms with E-state index in [-0.39, 0.29) is 11.8 Å². The lowest BCUT2D eigenvalue weighted by atomic mass is 10.0. The predicted molar refractivity (Wildman–Crippen MR) is 77.8 cm³/mol. The van der Waals surface area contributed by atoms with Crippen molar-refractivity contribution in [1.82, 2.24) is 20.8 Å². The van der Waals surface area contributed by atoms with E-state index in [0.29, 0.717) is 29.7 Å². The minimum absolute atomic E-state index is 0.0752. The lowest BCUT2D eigenvalue weighted by Gasteiger charge is -2.25. The molecule has 1 aromatic carbocycles. The van der Waals surface area contributed by atoms with Gasteiger partial charge in [0.2, 0.25) is 17.6 Å². The number of aromatic nitrogens is 2. The second kappa shape index (κ2) is 6.24. The van der Waals surface area contributed by atoms with Crippen LogP contribution in [0.15, 0.2) is 28.8 Å². The summed E-state index contributed by atoms with van der Waals surface area (Å²) in [6.07, 6.45) is 0.520. The highest BCUT2D eigenvalue weighted by molar-refractivity contribution is 6.30. The van der Waals surface area contributed by atoms with Crippen LogP contribution < -0.4 is 10.6 Å². The Morgan fingerprint density at radius 2 is 2.14 bits per heavy atom. The van der Waals surface area contributed by atoms with Crippen LogP contribution in [0.25, 0.3) is 11.4 Å². The van der Waals surface area contributed by atoms with Crippen molar-refractivity contribution in [3.8, 4) is 11.4 Å². The molecule has 110 valence electrons. The first-order valence-electron chi connectivity index (χ1n) is 6.79. The maximum atomic E-state index is 11.6. The van der Waals surface area contributed by atoms with Gasteiger partial charge in [-0.25, -0.2) is 0 Å². The molecule has 0 atom stereocenters. The third-order valence-corrected chi connectivity index (χ3v) is 3.61. The van der Waals surface area contributed by atoms with E-state index in [2.05, 4.69) is 20.8 Å². The van der Waals surface area contributed by atoms with Gasteiger partial charge in [-0.2, -0.15) is 4.98 Å². The Morgan fingerprint density at radius 3 is 2.81 bits per heavy atom. The SMILES string of the molecule is O=C(NCCc1nc(-c2ccc(Cl)cc2)no1)C1CNC1. The molecule has 2 N–H and O–H groups in total. The molecule has 1 fully saturated rings. The molecule has 0 saturated carbocycles. The van der Waals surface area contributed by atoms with Gasteiger partial charge in [0.05, 0.1) is 5.92 Å². The maximum absolute atomic E-state index is 11.6. The summed E-state index contributed by atoms with van der Waals surface area (Å²) in [5.74, 6) is 1.20. The third kappa shape index (κ3) is 3.40. The summed E-state index contributed by atoms with van der Waals surface area (Å²) in [5, 5.41) is 10.5. The minimum Gasteiger partial charge on any atom is -0.355 e. The summed E-state index contributed by atoms with van der Waals surface area (Å²) in [7, 11) is 0. The quantitative estimate of drug-likeness (QED) is 0.869. The largest absolute Gasteiger partial charge is 0.355 e. The van der Waals surface area contributed by atoms with Gasteiger partial charge in [0.25, 0.3) is 0 Å². The molecule has 0 bridgehead atoms. The smallest absolute Gasteiger partial charge is 0.228 e. The fraction of sp³-hybridized carbons (Fsp3) is 0.357. The Morgan fingerprint density at radius 1 is 1.38 bits per heavy atom. The standard InChI is InChI=1S/C14H15ClN4O2/c15-11-3-1-9(2-4-11)13-18-12(21-19-13)5-6-17-14(20)10-7-16-8-10/h1-4,10,16H,5-8H2,(H,17,20). The molecule has 1 aliphatic heterocycles. The molecule has 0 aliphatic carbocycles. The Labute approximate surface area is 126 Å². The second-order valence-corrected chi connectivity index (χ2v) is 5.35. The Hall–Kier alpha value is -1.92. The van der Waals surface area contributed by atoms with Gasteiger partial charge in [-0.15, -0.1) is 0 Å². The van der Waals surface area contributed by atoms with Crippen molar-refractivity contribution in [2.45, 2.75) is 6.42 Å². The van der Waals surface area contributed by atoms with E-state index in [0.717, 1.165) is 18.7 Å². The molecule has 2 heterocycles. The van der Waals surface area contributed by atoms with Crippen molar-refractivity contribution in [3.05, 3.63) is 35.2 Å². The lowest BCUT2D eigenvalue weighted by molar-refractivity contribution is -0.126. The van der Waals surface area contributed by atoms with Gasteiger partial charge in [-0.3, -0.25) is 4.79 Å². The zero-order chi connectivity index (χ0) is 14.7. The van der Waals surface area contributed by atoms with Crippen molar-refractivity contribution in [3.63, 3.8) is 0 Å². The van der Waals surface area contributed by atoms with Gasteiger partial charge in [-0.1, -0.05) is 16.8 Å². The first kappa shape index (κ1) is 14.0. The van der Waals surface area contributed by atoms with Crippen LogP contribution in [0.2, 0.25) is 5.02 Å². The summed E-state index contributed by atoms with van der Waals surface area (Å²) in [6, 6.07) is 7.23. The first-order chi connectivity index (χ1) is 10.2. The van der Waals surface area contributed by atoms with Gasteiger partial charge in [0.15, 0.2) is 0 Å². The molecule has 0 spiro atoms. The average molecular weight is 307 g/mol. The molecule has 6 nitrogen and oxygen atoms in total. The predicted octanol–water partition coefficient (Wildman–Crippen LogP) is 1.27. The van der Waals surface area contributed by atoms with Gasteiger partial charge in [0.1, 0.15) is 0 Å². The summed E-state index contributed by atoms with van der Waals surface area (Å²) in [6.45, 7) is 2.01. The van der Waals surface area contributed by atoms with Gasteiger partial charge < -0.3 is 15.2 Å². The van der Waals surface area contributed by atoms with E-state index >= 15 is 0 Å². The van der Waals surface area contributed by atoms with Crippen LogP contribution in [-0.4, -0.2) is 35.7 Å².